The quantitative estimate of drug-likeness (QED) is 0.612. The van der Waals surface area contributed by atoms with Gasteiger partial charge in [-0.15, -0.1) is 10.0 Å². The zero-order chi connectivity index (χ0) is 11.1. The number of hydrogen-bond donors (Lipinski definition) is 1. The summed E-state index contributed by atoms with van der Waals surface area (Å²) in [4.78, 5) is 22.5. The molecule has 2 heterocycles. The molecule has 0 unspecified atom stereocenters. The van der Waals surface area contributed by atoms with Gasteiger partial charge >= 0.3 is 0 Å². The topological polar surface area (TPSA) is 92.5 Å². The van der Waals surface area contributed by atoms with Gasteiger partial charge in [0.05, 0.1) is 10.9 Å². The van der Waals surface area contributed by atoms with E-state index in [-0.39, 0.29) is 11.3 Å². The Morgan fingerprint density at radius 2 is 2.12 bits per heavy atom. The molecule has 0 aliphatic rings. The molecule has 78 valence electrons. The monoisotopic (exact) mass is 215 g/mol. The molecule has 2 aromatic heterocycles. The van der Waals surface area contributed by atoms with Gasteiger partial charge in [0.2, 0.25) is 16.8 Å². The molecule has 0 atom stereocenters. The summed E-state index contributed by atoms with van der Waals surface area (Å²) in [5.74, 6) is 0. The van der Waals surface area contributed by atoms with Gasteiger partial charge in [0, 0.05) is 0 Å². The lowest BCUT2D eigenvalue weighted by Gasteiger charge is -1.99. The van der Waals surface area contributed by atoms with Gasteiger partial charge in [-0.25, -0.2) is 4.52 Å². The van der Waals surface area contributed by atoms with Gasteiger partial charge in [0.25, 0.3) is 0 Å². The molecule has 0 saturated heterocycles. The summed E-state index contributed by atoms with van der Waals surface area (Å²) in [7, 11) is 0. The minimum atomic E-state index is -0.431. The van der Waals surface area contributed by atoms with Gasteiger partial charge in [0.15, 0.2) is 0 Å². The predicted molar refractivity (Wildman–Crippen MR) is 56.6 cm³/mol. The second-order valence-corrected chi connectivity index (χ2v) is 3.25. The van der Waals surface area contributed by atoms with E-state index in [1.54, 1.807) is 24.3 Å². The molecule has 0 radical (unpaired) electrons. The van der Waals surface area contributed by atoms with Crippen LogP contribution in [0.1, 0.15) is 0 Å². The van der Waals surface area contributed by atoms with Crippen LogP contribution in [0.2, 0.25) is 0 Å². The van der Waals surface area contributed by atoms with E-state index in [0.29, 0.717) is 10.9 Å². The van der Waals surface area contributed by atoms with Crippen molar-refractivity contribution in [2.45, 2.75) is 0 Å². The Morgan fingerprint density at radius 3 is 2.94 bits per heavy atom. The first-order valence-electron chi connectivity index (χ1n) is 4.51. The van der Waals surface area contributed by atoms with E-state index in [4.69, 9.17) is 0 Å². The van der Waals surface area contributed by atoms with Crippen molar-refractivity contribution >= 4 is 22.2 Å². The van der Waals surface area contributed by atoms with Crippen LogP contribution < -0.4 is 5.43 Å². The van der Waals surface area contributed by atoms with Crippen LogP contribution in [-0.2, 0) is 0 Å². The number of nitroso groups, excluding NO2 is 1. The molecule has 0 aliphatic heterocycles. The Labute approximate surface area is 87.7 Å². The third kappa shape index (κ3) is 0.937. The third-order valence-corrected chi connectivity index (χ3v) is 2.41. The molecular weight excluding hydrogens is 210 g/mol. The van der Waals surface area contributed by atoms with E-state index in [0.717, 1.165) is 0 Å². The van der Waals surface area contributed by atoms with Crippen molar-refractivity contribution in [2.24, 2.45) is 5.18 Å². The number of para-hydroxylation sites is 1. The van der Waals surface area contributed by atoms with Crippen molar-refractivity contribution < 1.29 is 0 Å². The Kier molecular flexibility index (Phi) is 1.61. The minimum Gasteiger partial charge on any atom is -0.286 e. The second kappa shape index (κ2) is 2.96. The number of rotatable bonds is 1. The van der Waals surface area contributed by atoms with Gasteiger partial charge in [-0.3, -0.25) is 4.79 Å². The maximum atomic E-state index is 11.9. The summed E-state index contributed by atoms with van der Waals surface area (Å²) in [5, 5.41) is 12.9. The maximum Gasteiger partial charge on any atom is 0.221 e. The number of hydrogen-bond acceptors (Lipinski definition) is 5. The molecule has 0 amide bonds. The molecule has 0 aliphatic carbocycles. The fourth-order valence-electron chi connectivity index (χ4n) is 1.70. The van der Waals surface area contributed by atoms with Gasteiger partial charge in [0.1, 0.15) is 0 Å². The summed E-state index contributed by atoms with van der Waals surface area (Å²) in [5.41, 5.74) is 0.0885. The molecule has 1 aromatic carbocycles. The van der Waals surface area contributed by atoms with Crippen molar-refractivity contribution in [3.8, 4) is 0 Å². The van der Waals surface area contributed by atoms with Crippen LogP contribution in [0.4, 0.5) is 5.69 Å². The largest absolute Gasteiger partial charge is 0.286 e. The summed E-state index contributed by atoms with van der Waals surface area (Å²) in [6.45, 7) is 0. The van der Waals surface area contributed by atoms with Crippen molar-refractivity contribution in [3.05, 3.63) is 39.4 Å². The van der Waals surface area contributed by atoms with Crippen LogP contribution in [0, 0.1) is 4.91 Å². The Bertz CT molecular complexity index is 757. The van der Waals surface area contributed by atoms with Crippen molar-refractivity contribution in [1.82, 2.24) is 20.0 Å². The Morgan fingerprint density at radius 1 is 1.31 bits per heavy atom. The highest BCUT2D eigenvalue weighted by molar-refractivity contribution is 5.86. The van der Waals surface area contributed by atoms with E-state index < -0.39 is 5.43 Å². The molecule has 16 heavy (non-hydrogen) atoms. The molecular formula is C9H5N5O2. The van der Waals surface area contributed by atoms with E-state index in [9.17, 15) is 9.70 Å². The summed E-state index contributed by atoms with van der Waals surface area (Å²) in [6.07, 6.45) is 0. The lowest BCUT2D eigenvalue weighted by atomic mass is 10.2. The highest BCUT2D eigenvalue weighted by atomic mass is 16.3. The minimum absolute atomic E-state index is 0.138. The number of H-pyrrole nitrogens is 1. The predicted octanol–water partition coefficient (Wildman–Crippen LogP) is 0.969. The molecule has 0 saturated carbocycles. The maximum absolute atomic E-state index is 11.9. The highest BCUT2D eigenvalue weighted by Crippen LogP contribution is 2.18. The molecule has 3 aromatic rings. The van der Waals surface area contributed by atoms with Crippen molar-refractivity contribution in [1.29, 1.82) is 0 Å². The zero-order valence-corrected chi connectivity index (χ0v) is 7.91. The third-order valence-electron chi connectivity index (χ3n) is 2.41. The molecule has 7 nitrogen and oxygen atoms in total. The van der Waals surface area contributed by atoms with Gasteiger partial charge < -0.3 is 0 Å². The summed E-state index contributed by atoms with van der Waals surface area (Å²) < 4.78 is 1.45. The standard InChI is InChI=1S/C9H5N5O2/c15-8-5-3-1-2-4-6(5)14-9(7(8)11-16)10-12-13-14/h1-4H,(H,10,13). The molecule has 0 fully saturated rings. The first kappa shape index (κ1) is 8.72. The second-order valence-electron chi connectivity index (χ2n) is 3.25. The Balaban J connectivity index is 2.75. The molecule has 7 heteroatoms. The Hall–Kier alpha value is -2.57. The average Bonchev–Trinajstić information content (AvgIpc) is 2.79. The van der Waals surface area contributed by atoms with Crippen molar-refractivity contribution in [3.63, 3.8) is 0 Å². The molecule has 3 rings (SSSR count). The van der Waals surface area contributed by atoms with Gasteiger partial charge in [-0.1, -0.05) is 17.3 Å². The lowest BCUT2D eigenvalue weighted by molar-refractivity contribution is 0.841. The van der Waals surface area contributed by atoms with Crippen molar-refractivity contribution in [2.75, 3.05) is 0 Å². The molecule has 0 spiro atoms. The number of nitrogens with zero attached hydrogens (tertiary/aromatic N) is 4. The van der Waals surface area contributed by atoms with E-state index >= 15 is 0 Å². The molecule has 0 bridgehead atoms. The number of benzene rings is 1. The van der Waals surface area contributed by atoms with Crippen LogP contribution >= 0.6 is 0 Å². The fourth-order valence-corrected chi connectivity index (χ4v) is 1.70. The highest BCUT2D eigenvalue weighted by Gasteiger charge is 2.14. The lowest BCUT2D eigenvalue weighted by Crippen LogP contribution is -2.06. The van der Waals surface area contributed by atoms with Crippen LogP contribution in [0.3, 0.4) is 0 Å². The normalized spacial score (nSPS) is 11.0. The van der Waals surface area contributed by atoms with Crippen LogP contribution in [-0.4, -0.2) is 20.0 Å². The average molecular weight is 215 g/mol. The van der Waals surface area contributed by atoms with E-state index in [2.05, 4.69) is 20.7 Å². The van der Waals surface area contributed by atoms with E-state index in [1.807, 2.05) is 0 Å². The fraction of sp³-hybridized carbons (Fsp3) is 0. The SMILES string of the molecule is O=Nc1c(=O)c2ccccc2n2[nH]nnc12. The number of aromatic amines is 1. The first-order chi connectivity index (χ1) is 7.83. The number of pyridine rings is 1. The van der Waals surface area contributed by atoms with Crippen LogP contribution in [0.25, 0.3) is 16.6 Å². The van der Waals surface area contributed by atoms with E-state index in [1.165, 1.54) is 4.52 Å². The number of fused-ring (bicyclic) bond motifs is 3. The number of nitrogens with one attached hydrogen (secondary N) is 1. The summed E-state index contributed by atoms with van der Waals surface area (Å²) in [6, 6.07) is 6.86. The molecule has 1 N–H and O–H groups in total. The number of tetrazole rings is 1. The smallest absolute Gasteiger partial charge is 0.221 e. The first-order valence-corrected chi connectivity index (χ1v) is 4.51. The summed E-state index contributed by atoms with van der Waals surface area (Å²) >= 11 is 0. The van der Waals surface area contributed by atoms with Gasteiger partial charge in [-0.05, 0) is 17.3 Å². The number of aromatic nitrogens is 4. The van der Waals surface area contributed by atoms with Crippen LogP contribution in [0.5, 0.6) is 0 Å². The zero-order valence-electron chi connectivity index (χ0n) is 7.91. The van der Waals surface area contributed by atoms with Gasteiger partial charge in [-0.2, -0.15) is 5.21 Å². The van der Waals surface area contributed by atoms with Crippen LogP contribution in [0.15, 0.2) is 34.2 Å².